The van der Waals surface area contributed by atoms with E-state index in [1.807, 2.05) is 18.2 Å². The molecule has 0 amide bonds. The van der Waals surface area contributed by atoms with Gasteiger partial charge in [0.15, 0.2) is 5.82 Å². The van der Waals surface area contributed by atoms with Crippen LogP contribution in [0.25, 0.3) is 0 Å². The molecular weight excluding hydrogens is 314 g/mol. The standard InChI is InChI=1S/C16H20ClN5O/c17-14-15(18)20-10-21-16(14)19-7-12-6-13(23)9-22(12)8-11-4-2-1-3-5-11/h1-5,10,12-13,23H,6-9H2,(H3,18,19,20,21)/t12-,13+/m0/s1. The zero-order valence-electron chi connectivity index (χ0n) is 12.7. The lowest BCUT2D eigenvalue weighted by molar-refractivity contribution is 0.173. The summed E-state index contributed by atoms with van der Waals surface area (Å²) < 4.78 is 0. The molecule has 0 saturated carbocycles. The smallest absolute Gasteiger partial charge is 0.150 e. The fraction of sp³-hybridized carbons (Fsp3) is 0.375. The van der Waals surface area contributed by atoms with Crippen LogP contribution in [-0.2, 0) is 6.54 Å². The highest BCUT2D eigenvalue weighted by atomic mass is 35.5. The summed E-state index contributed by atoms with van der Waals surface area (Å²) in [6.07, 6.45) is 1.80. The molecule has 3 rings (SSSR count). The van der Waals surface area contributed by atoms with Crippen LogP contribution < -0.4 is 11.1 Å². The maximum atomic E-state index is 10.0. The number of nitrogens with one attached hydrogen (secondary N) is 1. The lowest BCUT2D eigenvalue weighted by atomic mass is 10.1. The molecule has 1 saturated heterocycles. The molecule has 7 heteroatoms. The van der Waals surface area contributed by atoms with Gasteiger partial charge < -0.3 is 16.2 Å². The van der Waals surface area contributed by atoms with Crippen LogP contribution in [0.15, 0.2) is 36.7 Å². The third-order valence-electron chi connectivity index (χ3n) is 4.06. The zero-order valence-corrected chi connectivity index (χ0v) is 13.4. The van der Waals surface area contributed by atoms with Crippen molar-refractivity contribution in [2.24, 2.45) is 0 Å². The highest BCUT2D eigenvalue weighted by Gasteiger charge is 2.30. The van der Waals surface area contributed by atoms with Crippen molar-refractivity contribution in [2.75, 3.05) is 24.1 Å². The molecule has 6 nitrogen and oxygen atoms in total. The molecule has 1 aromatic heterocycles. The normalized spacial score (nSPS) is 21.5. The number of anilines is 2. The number of likely N-dealkylation sites (tertiary alicyclic amines) is 1. The SMILES string of the molecule is Nc1ncnc(NC[C@@H]2C[C@@H](O)CN2Cc2ccccc2)c1Cl. The topological polar surface area (TPSA) is 87.3 Å². The third-order valence-corrected chi connectivity index (χ3v) is 4.43. The lowest BCUT2D eigenvalue weighted by Gasteiger charge is -2.24. The van der Waals surface area contributed by atoms with E-state index in [0.29, 0.717) is 23.9 Å². The Morgan fingerprint density at radius 2 is 2.09 bits per heavy atom. The number of benzene rings is 1. The van der Waals surface area contributed by atoms with Crippen molar-refractivity contribution in [3.05, 3.63) is 47.2 Å². The molecule has 23 heavy (non-hydrogen) atoms. The van der Waals surface area contributed by atoms with Crippen LogP contribution in [0, 0.1) is 0 Å². The lowest BCUT2D eigenvalue weighted by Crippen LogP contribution is -2.34. The monoisotopic (exact) mass is 333 g/mol. The van der Waals surface area contributed by atoms with Crippen LogP contribution in [0.2, 0.25) is 5.02 Å². The minimum absolute atomic E-state index is 0.206. The largest absolute Gasteiger partial charge is 0.392 e. The number of aliphatic hydroxyl groups is 1. The van der Waals surface area contributed by atoms with Crippen LogP contribution in [0.1, 0.15) is 12.0 Å². The van der Waals surface area contributed by atoms with Gasteiger partial charge in [-0.25, -0.2) is 9.97 Å². The Bertz CT molecular complexity index is 654. The molecule has 122 valence electrons. The van der Waals surface area contributed by atoms with Gasteiger partial charge in [-0.1, -0.05) is 41.9 Å². The van der Waals surface area contributed by atoms with Gasteiger partial charge in [0, 0.05) is 25.7 Å². The summed E-state index contributed by atoms with van der Waals surface area (Å²) in [5.41, 5.74) is 6.91. The van der Waals surface area contributed by atoms with Gasteiger partial charge in [0.1, 0.15) is 17.2 Å². The number of halogens is 1. The van der Waals surface area contributed by atoms with E-state index in [1.54, 1.807) is 0 Å². The minimum atomic E-state index is -0.309. The van der Waals surface area contributed by atoms with Gasteiger partial charge in [0.05, 0.1) is 6.10 Å². The first kappa shape index (κ1) is 16.0. The molecule has 2 aromatic rings. The average molecular weight is 334 g/mol. The number of hydrogen-bond donors (Lipinski definition) is 3. The van der Waals surface area contributed by atoms with Gasteiger partial charge in [0.25, 0.3) is 0 Å². The summed E-state index contributed by atoms with van der Waals surface area (Å²) in [7, 11) is 0. The third kappa shape index (κ3) is 3.90. The van der Waals surface area contributed by atoms with Gasteiger partial charge in [-0.2, -0.15) is 0 Å². The molecule has 0 bridgehead atoms. The summed E-state index contributed by atoms with van der Waals surface area (Å²) in [5, 5.41) is 13.6. The van der Waals surface area contributed by atoms with Crippen molar-refractivity contribution in [1.82, 2.24) is 14.9 Å². The van der Waals surface area contributed by atoms with Crippen molar-refractivity contribution in [3.8, 4) is 0 Å². The van der Waals surface area contributed by atoms with Crippen LogP contribution in [0.3, 0.4) is 0 Å². The molecule has 0 unspecified atom stereocenters. The maximum absolute atomic E-state index is 10.0. The van der Waals surface area contributed by atoms with E-state index in [1.165, 1.54) is 11.9 Å². The summed E-state index contributed by atoms with van der Waals surface area (Å²) >= 11 is 6.10. The van der Waals surface area contributed by atoms with Crippen molar-refractivity contribution >= 4 is 23.2 Å². The molecule has 1 aliphatic rings. The Morgan fingerprint density at radius 1 is 1.30 bits per heavy atom. The fourth-order valence-corrected chi connectivity index (χ4v) is 3.07. The van der Waals surface area contributed by atoms with E-state index in [0.717, 1.165) is 13.0 Å². The van der Waals surface area contributed by atoms with E-state index in [2.05, 4.69) is 32.3 Å². The summed E-state index contributed by atoms with van der Waals surface area (Å²) in [4.78, 5) is 10.2. The number of hydrogen-bond acceptors (Lipinski definition) is 6. The molecule has 0 spiro atoms. The quantitative estimate of drug-likeness (QED) is 0.773. The number of nitrogens with two attached hydrogens (primary N) is 1. The number of nitrogens with zero attached hydrogens (tertiary/aromatic N) is 3. The first-order chi connectivity index (χ1) is 11.1. The van der Waals surface area contributed by atoms with Crippen molar-refractivity contribution in [3.63, 3.8) is 0 Å². The highest BCUT2D eigenvalue weighted by Crippen LogP contribution is 2.25. The summed E-state index contributed by atoms with van der Waals surface area (Å²) in [5.74, 6) is 0.789. The molecule has 2 atom stereocenters. The average Bonchev–Trinajstić information content (AvgIpc) is 2.89. The van der Waals surface area contributed by atoms with Crippen molar-refractivity contribution in [1.29, 1.82) is 0 Å². The number of nitrogen functional groups attached to an aromatic ring is 1. The Hall–Kier alpha value is -1.89. The van der Waals surface area contributed by atoms with Crippen LogP contribution in [0.4, 0.5) is 11.6 Å². The number of aliphatic hydroxyl groups excluding tert-OH is 1. The van der Waals surface area contributed by atoms with Gasteiger partial charge in [-0.15, -0.1) is 0 Å². The minimum Gasteiger partial charge on any atom is -0.392 e. The fourth-order valence-electron chi connectivity index (χ4n) is 2.90. The van der Waals surface area contributed by atoms with E-state index in [4.69, 9.17) is 17.3 Å². The molecule has 4 N–H and O–H groups in total. The predicted molar refractivity (Wildman–Crippen MR) is 91.2 cm³/mol. The molecular formula is C16H20ClN5O. The summed E-state index contributed by atoms with van der Waals surface area (Å²) in [6, 6.07) is 10.5. The Labute approximate surface area is 140 Å². The van der Waals surface area contributed by atoms with E-state index < -0.39 is 0 Å². The predicted octanol–water partition coefficient (Wildman–Crippen LogP) is 1.76. The van der Waals surface area contributed by atoms with Gasteiger partial charge in [0.2, 0.25) is 0 Å². The van der Waals surface area contributed by atoms with Crippen LogP contribution in [-0.4, -0.2) is 45.2 Å². The van der Waals surface area contributed by atoms with Crippen LogP contribution >= 0.6 is 11.6 Å². The second-order valence-corrected chi connectivity index (χ2v) is 6.14. The van der Waals surface area contributed by atoms with Crippen molar-refractivity contribution < 1.29 is 5.11 Å². The Morgan fingerprint density at radius 3 is 2.87 bits per heavy atom. The van der Waals surface area contributed by atoms with Gasteiger partial charge in [-0.3, -0.25) is 4.90 Å². The number of β-amino-alcohol motifs (C(OH)–C–C–N with tert-alkyl or cyclic N) is 1. The number of rotatable bonds is 5. The van der Waals surface area contributed by atoms with E-state index >= 15 is 0 Å². The second kappa shape index (κ2) is 7.12. The van der Waals surface area contributed by atoms with E-state index in [-0.39, 0.29) is 18.0 Å². The Balaban J connectivity index is 1.64. The first-order valence-corrected chi connectivity index (χ1v) is 7.97. The molecule has 1 fully saturated rings. The van der Waals surface area contributed by atoms with E-state index in [9.17, 15) is 5.11 Å². The zero-order chi connectivity index (χ0) is 16.2. The van der Waals surface area contributed by atoms with Crippen molar-refractivity contribution in [2.45, 2.75) is 25.1 Å². The molecule has 0 aliphatic carbocycles. The van der Waals surface area contributed by atoms with Gasteiger partial charge >= 0.3 is 0 Å². The molecule has 0 radical (unpaired) electrons. The highest BCUT2D eigenvalue weighted by molar-refractivity contribution is 6.35. The van der Waals surface area contributed by atoms with Gasteiger partial charge in [-0.05, 0) is 12.0 Å². The first-order valence-electron chi connectivity index (χ1n) is 7.59. The maximum Gasteiger partial charge on any atom is 0.150 e. The second-order valence-electron chi connectivity index (χ2n) is 5.76. The van der Waals surface area contributed by atoms with Crippen LogP contribution in [0.5, 0.6) is 0 Å². The Kier molecular flexibility index (Phi) is 4.95. The molecule has 2 heterocycles. The molecule has 1 aromatic carbocycles. The summed E-state index contributed by atoms with van der Waals surface area (Å²) in [6.45, 7) is 2.12. The number of aromatic nitrogens is 2. The molecule has 1 aliphatic heterocycles.